The van der Waals surface area contributed by atoms with E-state index in [9.17, 15) is 13.8 Å². The molecule has 0 saturated heterocycles. The Hall–Kier alpha value is -2.99. The fourth-order valence-electron chi connectivity index (χ4n) is 2.83. The van der Waals surface area contributed by atoms with Gasteiger partial charge in [0, 0.05) is 23.2 Å². The van der Waals surface area contributed by atoms with E-state index >= 15 is 0 Å². The first-order valence-corrected chi connectivity index (χ1v) is 9.65. The average Bonchev–Trinajstić information content (AvgIpc) is 2.65. The van der Waals surface area contributed by atoms with Gasteiger partial charge in [0.2, 0.25) is 0 Å². The number of benzene rings is 2. The van der Waals surface area contributed by atoms with Crippen molar-refractivity contribution in [3.8, 4) is 0 Å². The minimum absolute atomic E-state index is 0.0877. The number of carbonyl (C=O) groups is 1. The number of carbonyl (C=O) groups excluding carboxylic acids is 1. The molecule has 3 aromatic rings. The molecule has 5 nitrogen and oxygen atoms in total. The van der Waals surface area contributed by atoms with Crippen LogP contribution >= 0.6 is 0 Å². The van der Waals surface area contributed by atoms with Crippen molar-refractivity contribution in [3.05, 3.63) is 99.0 Å². The zero-order valence-corrected chi connectivity index (χ0v) is 15.9. The van der Waals surface area contributed by atoms with Crippen LogP contribution in [0, 0.1) is 13.8 Å². The Morgan fingerprint density at radius 2 is 1.70 bits per heavy atom. The van der Waals surface area contributed by atoms with Crippen LogP contribution in [0.3, 0.4) is 0 Å². The van der Waals surface area contributed by atoms with Gasteiger partial charge >= 0.3 is 0 Å². The van der Waals surface area contributed by atoms with Crippen LogP contribution < -0.4 is 10.3 Å². The third-order valence-electron chi connectivity index (χ3n) is 4.23. The Balaban J connectivity index is 1.71. The predicted molar refractivity (Wildman–Crippen MR) is 106 cm³/mol. The number of aromatic nitrogens is 1. The number of aryl methyl sites for hydroxylation is 2. The summed E-state index contributed by atoms with van der Waals surface area (Å²) >= 11 is 0. The van der Waals surface area contributed by atoms with Crippen molar-refractivity contribution < 1.29 is 9.00 Å². The van der Waals surface area contributed by atoms with Gasteiger partial charge in [-0.15, -0.1) is 0 Å². The van der Waals surface area contributed by atoms with Gasteiger partial charge in [0.1, 0.15) is 0 Å². The SMILES string of the molecule is Cc1cc(C)c(Cc2ccc(S(=O)NC(=O)c3ccccc3)cc2)c(=O)[nH]1. The standard InChI is InChI=1S/C21H20N2O3S/c1-14-12-15(2)22-21(25)19(14)13-16-8-10-18(11-9-16)27(26)23-20(24)17-6-4-3-5-7-17/h3-12H,13H2,1-2H3,(H,22,25)(H,23,24). The summed E-state index contributed by atoms with van der Waals surface area (Å²) < 4.78 is 14.9. The van der Waals surface area contributed by atoms with Gasteiger partial charge in [0.05, 0.1) is 4.90 Å². The highest BCUT2D eigenvalue weighted by molar-refractivity contribution is 7.83. The first-order chi connectivity index (χ1) is 12.9. The normalized spacial score (nSPS) is 11.8. The second-order valence-corrected chi connectivity index (χ2v) is 7.54. The van der Waals surface area contributed by atoms with Crippen molar-refractivity contribution in [2.45, 2.75) is 25.2 Å². The van der Waals surface area contributed by atoms with E-state index in [1.165, 1.54) is 0 Å². The Bertz CT molecular complexity index is 1040. The molecule has 1 aromatic heterocycles. The molecule has 1 heterocycles. The topological polar surface area (TPSA) is 79.0 Å². The first kappa shape index (κ1) is 18.8. The molecule has 1 atom stereocenters. The third-order valence-corrected chi connectivity index (χ3v) is 5.30. The maximum Gasteiger partial charge on any atom is 0.263 e. The van der Waals surface area contributed by atoms with E-state index in [2.05, 4.69) is 9.71 Å². The number of rotatable bonds is 5. The predicted octanol–water partition coefficient (Wildman–Crippen LogP) is 3.04. The van der Waals surface area contributed by atoms with E-state index in [0.29, 0.717) is 22.4 Å². The van der Waals surface area contributed by atoms with Gasteiger partial charge in [-0.3, -0.25) is 14.3 Å². The number of pyridine rings is 1. The van der Waals surface area contributed by atoms with Crippen molar-refractivity contribution in [1.82, 2.24) is 9.71 Å². The van der Waals surface area contributed by atoms with Gasteiger partial charge in [-0.2, -0.15) is 0 Å². The van der Waals surface area contributed by atoms with Gasteiger partial charge in [-0.05, 0) is 55.3 Å². The fourth-order valence-corrected chi connectivity index (χ4v) is 3.62. The monoisotopic (exact) mass is 380 g/mol. The quantitative estimate of drug-likeness (QED) is 0.714. The van der Waals surface area contributed by atoms with Crippen LogP contribution in [-0.4, -0.2) is 15.1 Å². The first-order valence-electron chi connectivity index (χ1n) is 8.50. The molecule has 1 unspecified atom stereocenters. The van der Waals surface area contributed by atoms with E-state index < -0.39 is 11.0 Å². The number of aromatic amines is 1. The molecule has 0 radical (unpaired) electrons. The zero-order valence-electron chi connectivity index (χ0n) is 15.1. The molecule has 138 valence electrons. The highest BCUT2D eigenvalue weighted by Gasteiger charge is 2.11. The van der Waals surface area contributed by atoms with Gasteiger partial charge in [0.25, 0.3) is 11.5 Å². The molecule has 0 bridgehead atoms. The summed E-state index contributed by atoms with van der Waals surface area (Å²) in [7, 11) is -1.65. The maximum atomic E-state index is 12.4. The number of hydrogen-bond acceptors (Lipinski definition) is 3. The van der Waals surface area contributed by atoms with Crippen LogP contribution in [0.5, 0.6) is 0 Å². The summed E-state index contributed by atoms with van der Waals surface area (Å²) in [5.41, 5.74) is 3.79. The molecule has 0 aliphatic heterocycles. The Labute approximate surface area is 160 Å². The molecule has 3 rings (SSSR count). The van der Waals surface area contributed by atoms with Gasteiger partial charge in [-0.25, -0.2) is 4.21 Å². The van der Waals surface area contributed by atoms with Crippen LogP contribution in [0.25, 0.3) is 0 Å². The van der Waals surface area contributed by atoms with Gasteiger partial charge in [-0.1, -0.05) is 30.3 Å². The van der Waals surface area contributed by atoms with Crippen molar-refractivity contribution in [2.24, 2.45) is 0 Å². The van der Waals surface area contributed by atoms with Gasteiger partial charge in [0.15, 0.2) is 11.0 Å². The highest BCUT2D eigenvalue weighted by Crippen LogP contribution is 2.13. The molecular weight excluding hydrogens is 360 g/mol. The van der Waals surface area contributed by atoms with Crippen LogP contribution in [0.4, 0.5) is 0 Å². The second kappa shape index (κ2) is 8.14. The zero-order chi connectivity index (χ0) is 19.4. The van der Waals surface area contributed by atoms with E-state index in [-0.39, 0.29) is 11.5 Å². The van der Waals surface area contributed by atoms with Crippen molar-refractivity contribution in [3.63, 3.8) is 0 Å². The summed E-state index contributed by atoms with van der Waals surface area (Å²) in [5.74, 6) is -0.389. The van der Waals surface area contributed by atoms with Crippen LogP contribution in [0.15, 0.2) is 70.4 Å². The number of hydrogen-bond donors (Lipinski definition) is 2. The number of nitrogens with one attached hydrogen (secondary N) is 2. The lowest BCUT2D eigenvalue weighted by molar-refractivity contribution is 0.0983. The van der Waals surface area contributed by atoms with Crippen molar-refractivity contribution >= 4 is 16.9 Å². The lowest BCUT2D eigenvalue weighted by atomic mass is 10.0. The molecule has 6 heteroatoms. The molecule has 2 N–H and O–H groups in total. The minimum atomic E-state index is -1.65. The van der Waals surface area contributed by atoms with E-state index in [0.717, 1.165) is 16.8 Å². The smallest absolute Gasteiger partial charge is 0.263 e. The van der Waals surface area contributed by atoms with Crippen molar-refractivity contribution in [1.29, 1.82) is 0 Å². The summed E-state index contributed by atoms with van der Waals surface area (Å²) in [6.07, 6.45) is 0.491. The largest absolute Gasteiger partial charge is 0.326 e. The Morgan fingerprint density at radius 1 is 1.04 bits per heavy atom. The average molecular weight is 380 g/mol. The summed E-state index contributed by atoms with van der Waals surface area (Å²) in [6, 6.07) is 17.6. The van der Waals surface area contributed by atoms with E-state index in [1.54, 1.807) is 36.4 Å². The number of amides is 1. The fraction of sp³-hybridized carbons (Fsp3) is 0.143. The van der Waals surface area contributed by atoms with Crippen LogP contribution in [0.1, 0.15) is 32.7 Å². The van der Waals surface area contributed by atoms with E-state index in [4.69, 9.17) is 0 Å². The second-order valence-electron chi connectivity index (χ2n) is 6.33. The molecule has 1 amide bonds. The summed E-state index contributed by atoms with van der Waals surface area (Å²) in [6.45, 7) is 3.77. The van der Waals surface area contributed by atoms with Crippen molar-refractivity contribution in [2.75, 3.05) is 0 Å². The minimum Gasteiger partial charge on any atom is -0.326 e. The molecule has 0 aliphatic rings. The maximum absolute atomic E-state index is 12.4. The summed E-state index contributed by atoms with van der Waals surface area (Å²) in [5, 5.41) is 0. The number of H-pyrrole nitrogens is 1. The molecule has 0 aliphatic carbocycles. The molecule has 0 fully saturated rings. The Morgan fingerprint density at radius 3 is 2.33 bits per heavy atom. The summed E-state index contributed by atoms with van der Waals surface area (Å²) in [4.78, 5) is 27.6. The molecule has 0 saturated carbocycles. The lowest BCUT2D eigenvalue weighted by Gasteiger charge is -2.08. The lowest BCUT2D eigenvalue weighted by Crippen LogP contribution is -2.25. The molecule has 27 heavy (non-hydrogen) atoms. The Kier molecular flexibility index (Phi) is 5.66. The third kappa shape index (κ3) is 4.60. The molecular formula is C21H20N2O3S. The van der Waals surface area contributed by atoms with Gasteiger partial charge < -0.3 is 4.98 Å². The van der Waals surface area contributed by atoms with Crippen LogP contribution in [0.2, 0.25) is 0 Å². The highest BCUT2D eigenvalue weighted by atomic mass is 32.2. The van der Waals surface area contributed by atoms with E-state index in [1.807, 2.05) is 38.1 Å². The molecule has 2 aromatic carbocycles. The van der Waals surface area contributed by atoms with Crippen LogP contribution in [-0.2, 0) is 17.4 Å². The molecule has 0 spiro atoms.